The van der Waals surface area contributed by atoms with Crippen molar-refractivity contribution in [1.82, 2.24) is 14.9 Å². The van der Waals surface area contributed by atoms with Crippen LogP contribution in [-0.2, 0) is 13.0 Å². The van der Waals surface area contributed by atoms with Crippen LogP contribution in [0, 0.1) is 0 Å². The van der Waals surface area contributed by atoms with Gasteiger partial charge < -0.3 is 9.88 Å². The molecule has 0 unspecified atom stereocenters. The van der Waals surface area contributed by atoms with E-state index in [-0.39, 0.29) is 5.56 Å². The largest absolute Gasteiger partial charge is 0.301 e. The minimum Gasteiger partial charge on any atom is -0.301 e. The van der Waals surface area contributed by atoms with Crippen LogP contribution in [0.25, 0.3) is 10.2 Å². The molecule has 0 radical (unpaired) electrons. The summed E-state index contributed by atoms with van der Waals surface area (Å²) in [4.78, 5) is 24.1. The summed E-state index contributed by atoms with van der Waals surface area (Å²) in [6, 6.07) is 0. The Balaban J connectivity index is 2.11. The molecule has 0 bridgehead atoms. The molecule has 2 aromatic rings. The topological polar surface area (TPSA) is 49.0 Å². The van der Waals surface area contributed by atoms with Crippen LogP contribution >= 0.6 is 23.1 Å². The van der Waals surface area contributed by atoms with Crippen molar-refractivity contribution >= 4 is 33.3 Å². The van der Waals surface area contributed by atoms with Gasteiger partial charge in [0.1, 0.15) is 4.83 Å². The molecule has 1 aliphatic rings. The predicted molar refractivity (Wildman–Crippen MR) is 81.2 cm³/mol. The molecule has 0 spiro atoms. The average molecular weight is 293 g/mol. The number of nitrogens with one attached hydrogen (secondary N) is 1. The van der Waals surface area contributed by atoms with E-state index in [1.54, 1.807) is 11.3 Å². The first kappa shape index (κ1) is 12.9. The maximum Gasteiger partial charge on any atom is 0.260 e. The molecule has 1 N–H and O–H groups in total. The lowest BCUT2D eigenvalue weighted by Crippen LogP contribution is -2.25. The molecule has 4 nitrogen and oxygen atoms in total. The first-order valence-corrected chi connectivity index (χ1v) is 7.96. The average Bonchev–Trinajstić information content (AvgIpc) is 2.73. The third-order valence-corrected chi connectivity index (χ3v) is 5.20. The summed E-state index contributed by atoms with van der Waals surface area (Å²) in [5.74, 6) is 0.752. The number of aromatic nitrogens is 2. The number of hydrogen-bond acceptors (Lipinski definition) is 5. The molecule has 0 fully saturated rings. The lowest BCUT2D eigenvalue weighted by Gasteiger charge is -2.21. The first-order valence-electron chi connectivity index (χ1n) is 6.16. The van der Waals surface area contributed by atoms with E-state index in [2.05, 4.69) is 28.5 Å². The zero-order valence-electron chi connectivity index (χ0n) is 10.7. The second-order valence-electron chi connectivity index (χ2n) is 4.64. The number of thiophene rings is 1. The molecule has 0 aliphatic carbocycles. The summed E-state index contributed by atoms with van der Waals surface area (Å²) in [5.41, 5.74) is 1.20. The van der Waals surface area contributed by atoms with Gasteiger partial charge in [0.15, 0.2) is 5.16 Å². The Hall–Kier alpha value is -1.11. The second kappa shape index (κ2) is 5.11. The van der Waals surface area contributed by atoms with E-state index in [1.165, 1.54) is 22.2 Å². The lowest BCUT2D eigenvalue weighted by atomic mass is 10.1. The number of aromatic amines is 1. The van der Waals surface area contributed by atoms with Crippen LogP contribution in [0.15, 0.2) is 22.6 Å². The fourth-order valence-corrected chi connectivity index (χ4v) is 4.27. The fraction of sp³-hybridized carbons (Fsp3) is 0.385. The molecule has 0 saturated heterocycles. The van der Waals surface area contributed by atoms with Crippen LogP contribution in [0.1, 0.15) is 10.4 Å². The SMILES string of the molecule is C=CCSc1nc2sc3c(c2c(=O)[nH]1)CCN(C)C3. The second-order valence-corrected chi connectivity index (χ2v) is 6.73. The maximum atomic E-state index is 12.2. The number of rotatable bonds is 3. The molecule has 3 rings (SSSR count). The van der Waals surface area contributed by atoms with Crippen molar-refractivity contribution in [2.75, 3.05) is 19.3 Å². The molecule has 0 aromatic carbocycles. The molecule has 0 atom stereocenters. The third-order valence-electron chi connectivity index (χ3n) is 3.22. The minimum atomic E-state index is -0.00128. The van der Waals surface area contributed by atoms with Crippen molar-refractivity contribution in [2.24, 2.45) is 0 Å². The Morgan fingerprint density at radius 2 is 2.47 bits per heavy atom. The molecule has 0 saturated carbocycles. The highest BCUT2D eigenvalue weighted by Crippen LogP contribution is 2.32. The molecular weight excluding hydrogens is 278 g/mol. The fourth-order valence-electron chi connectivity index (χ4n) is 2.32. The van der Waals surface area contributed by atoms with E-state index in [9.17, 15) is 4.79 Å². The van der Waals surface area contributed by atoms with E-state index in [0.717, 1.165) is 35.5 Å². The maximum absolute atomic E-state index is 12.2. The Morgan fingerprint density at radius 3 is 3.26 bits per heavy atom. The number of hydrogen-bond donors (Lipinski definition) is 1. The number of fused-ring (bicyclic) bond motifs is 3. The Bertz CT molecular complexity index is 689. The van der Waals surface area contributed by atoms with Crippen LogP contribution < -0.4 is 5.56 Å². The normalized spacial score (nSPS) is 15.6. The molecule has 2 aromatic heterocycles. The highest BCUT2D eigenvalue weighted by molar-refractivity contribution is 7.99. The van der Waals surface area contributed by atoms with Gasteiger partial charge >= 0.3 is 0 Å². The Morgan fingerprint density at radius 1 is 1.63 bits per heavy atom. The van der Waals surface area contributed by atoms with Crippen LogP contribution in [-0.4, -0.2) is 34.2 Å². The van der Waals surface area contributed by atoms with Gasteiger partial charge in [0.2, 0.25) is 0 Å². The number of nitrogens with zero attached hydrogens (tertiary/aromatic N) is 2. The third kappa shape index (κ3) is 2.35. The number of H-pyrrole nitrogens is 1. The van der Waals surface area contributed by atoms with Gasteiger partial charge in [-0.25, -0.2) is 4.98 Å². The Labute approximate surface area is 119 Å². The van der Waals surface area contributed by atoms with E-state index in [0.29, 0.717) is 5.16 Å². The van der Waals surface area contributed by atoms with Crippen molar-refractivity contribution in [3.8, 4) is 0 Å². The van der Waals surface area contributed by atoms with Gasteiger partial charge in [0.25, 0.3) is 5.56 Å². The molecule has 3 heterocycles. The summed E-state index contributed by atoms with van der Waals surface area (Å²) in [7, 11) is 2.11. The molecule has 1 aliphatic heterocycles. The molecule has 100 valence electrons. The highest BCUT2D eigenvalue weighted by Gasteiger charge is 2.21. The molecule has 0 amide bonds. The van der Waals surface area contributed by atoms with Crippen LogP contribution in [0.5, 0.6) is 0 Å². The standard InChI is InChI=1S/C13H15N3OS2/c1-3-6-18-13-14-11(17)10-8-4-5-16(2)7-9(8)19-12(10)15-13/h3H,1,4-7H2,2H3,(H,14,15,17). The summed E-state index contributed by atoms with van der Waals surface area (Å²) in [6.07, 6.45) is 2.75. The summed E-state index contributed by atoms with van der Waals surface area (Å²) >= 11 is 3.16. The number of thioether (sulfide) groups is 1. The van der Waals surface area contributed by atoms with Gasteiger partial charge in [-0.2, -0.15) is 0 Å². The molecule has 6 heteroatoms. The minimum absolute atomic E-state index is 0.00128. The van der Waals surface area contributed by atoms with E-state index >= 15 is 0 Å². The van der Waals surface area contributed by atoms with Gasteiger partial charge in [-0.15, -0.1) is 17.9 Å². The first-order chi connectivity index (χ1) is 9.19. The van der Waals surface area contributed by atoms with Crippen LogP contribution in [0.3, 0.4) is 0 Å². The Kier molecular flexibility index (Phi) is 3.47. The zero-order chi connectivity index (χ0) is 13.4. The van der Waals surface area contributed by atoms with Crippen LogP contribution in [0.2, 0.25) is 0 Å². The summed E-state index contributed by atoms with van der Waals surface area (Å²) in [6.45, 7) is 5.61. The van der Waals surface area contributed by atoms with Crippen molar-refractivity contribution < 1.29 is 0 Å². The predicted octanol–water partition coefficient (Wildman–Crippen LogP) is 2.25. The van der Waals surface area contributed by atoms with E-state index in [4.69, 9.17) is 0 Å². The summed E-state index contributed by atoms with van der Waals surface area (Å²) < 4.78 is 0. The molecule has 19 heavy (non-hydrogen) atoms. The van der Waals surface area contributed by atoms with Gasteiger partial charge in [0.05, 0.1) is 5.39 Å². The monoisotopic (exact) mass is 293 g/mol. The van der Waals surface area contributed by atoms with Crippen LogP contribution in [0.4, 0.5) is 0 Å². The van der Waals surface area contributed by atoms with Gasteiger partial charge in [-0.1, -0.05) is 17.8 Å². The van der Waals surface area contributed by atoms with Crippen molar-refractivity contribution in [3.63, 3.8) is 0 Å². The van der Waals surface area contributed by atoms with Crippen molar-refractivity contribution in [1.29, 1.82) is 0 Å². The smallest absolute Gasteiger partial charge is 0.260 e. The molecular formula is C13H15N3OS2. The van der Waals surface area contributed by atoms with E-state index in [1.807, 2.05) is 6.08 Å². The number of likely N-dealkylation sites (N-methyl/N-ethyl adjacent to an activating group) is 1. The van der Waals surface area contributed by atoms with Gasteiger partial charge in [0, 0.05) is 23.7 Å². The van der Waals surface area contributed by atoms with Gasteiger partial charge in [-0.05, 0) is 19.0 Å². The zero-order valence-corrected chi connectivity index (χ0v) is 12.4. The van der Waals surface area contributed by atoms with Crippen molar-refractivity contribution in [3.05, 3.63) is 33.4 Å². The lowest BCUT2D eigenvalue weighted by molar-refractivity contribution is 0.318. The van der Waals surface area contributed by atoms with E-state index < -0.39 is 0 Å². The summed E-state index contributed by atoms with van der Waals surface area (Å²) in [5, 5.41) is 1.49. The quantitative estimate of drug-likeness (QED) is 0.536. The van der Waals surface area contributed by atoms with Crippen molar-refractivity contribution in [2.45, 2.75) is 18.1 Å². The van der Waals surface area contributed by atoms with Gasteiger partial charge in [-0.3, -0.25) is 4.79 Å². The highest BCUT2D eigenvalue weighted by atomic mass is 32.2.